The Balaban J connectivity index is 1.88. The second-order valence-corrected chi connectivity index (χ2v) is 9.83. The Labute approximate surface area is 221 Å². The van der Waals surface area contributed by atoms with E-state index in [0.29, 0.717) is 12.2 Å². The van der Waals surface area contributed by atoms with Crippen LogP contribution < -0.4 is 10.2 Å². The molecule has 192 valence electrons. The average molecular weight is 496 g/mol. The maximum atomic E-state index is 9.66. The van der Waals surface area contributed by atoms with Gasteiger partial charge in [0, 0.05) is 48.3 Å². The van der Waals surface area contributed by atoms with Crippen molar-refractivity contribution in [2.24, 2.45) is 5.92 Å². The summed E-state index contributed by atoms with van der Waals surface area (Å²) in [5.41, 5.74) is 5.88. The fraction of sp³-hybridized carbons (Fsp3) is 0.323. The third kappa shape index (κ3) is 6.84. The molecule has 37 heavy (non-hydrogen) atoms. The van der Waals surface area contributed by atoms with E-state index >= 15 is 0 Å². The fourth-order valence-corrected chi connectivity index (χ4v) is 4.09. The van der Waals surface area contributed by atoms with Crippen LogP contribution >= 0.6 is 0 Å². The molecule has 6 heteroatoms. The van der Waals surface area contributed by atoms with Crippen LogP contribution in [0.2, 0.25) is 0 Å². The Morgan fingerprint density at radius 1 is 1.19 bits per heavy atom. The predicted octanol–water partition coefficient (Wildman–Crippen LogP) is 6.35. The molecule has 0 aliphatic carbocycles. The van der Waals surface area contributed by atoms with Crippen molar-refractivity contribution in [3.8, 4) is 17.2 Å². The van der Waals surface area contributed by atoms with Crippen molar-refractivity contribution in [1.82, 2.24) is 9.97 Å². The van der Waals surface area contributed by atoms with Gasteiger partial charge in [-0.3, -0.25) is 4.98 Å². The first-order chi connectivity index (χ1) is 17.7. The van der Waals surface area contributed by atoms with Gasteiger partial charge in [-0.2, -0.15) is 5.26 Å². The van der Waals surface area contributed by atoms with Gasteiger partial charge in [0.05, 0.1) is 23.8 Å². The number of nitrogens with zero attached hydrogens (tertiary/aromatic N) is 4. The zero-order valence-electron chi connectivity index (χ0n) is 22.3. The van der Waals surface area contributed by atoms with Gasteiger partial charge in [-0.1, -0.05) is 25.6 Å². The van der Waals surface area contributed by atoms with Crippen molar-refractivity contribution in [2.45, 2.75) is 39.5 Å². The van der Waals surface area contributed by atoms with Crippen molar-refractivity contribution < 1.29 is 5.11 Å². The predicted molar refractivity (Wildman–Crippen MR) is 153 cm³/mol. The van der Waals surface area contributed by atoms with E-state index in [0.717, 1.165) is 52.4 Å². The Bertz CT molecular complexity index is 1290. The Kier molecular flexibility index (Phi) is 9.21. The number of aliphatic hydroxyl groups excluding tert-OH is 1. The average Bonchev–Trinajstić information content (AvgIpc) is 2.92. The van der Waals surface area contributed by atoms with Crippen molar-refractivity contribution in [3.63, 3.8) is 0 Å². The Morgan fingerprint density at radius 2 is 1.95 bits per heavy atom. The maximum Gasteiger partial charge on any atom is 0.129 e. The molecule has 0 aliphatic heterocycles. The monoisotopic (exact) mass is 495 g/mol. The van der Waals surface area contributed by atoms with E-state index in [-0.39, 0.29) is 12.5 Å². The summed E-state index contributed by atoms with van der Waals surface area (Å²) < 4.78 is 0. The molecular weight excluding hydrogens is 458 g/mol. The first-order valence-corrected chi connectivity index (χ1v) is 12.6. The largest absolute Gasteiger partial charge is 0.396 e. The molecule has 0 amide bonds. The van der Waals surface area contributed by atoms with E-state index in [4.69, 9.17) is 0 Å². The number of pyridine rings is 2. The lowest BCUT2D eigenvalue weighted by Gasteiger charge is -2.26. The number of anilines is 2. The molecule has 0 fully saturated rings. The van der Waals surface area contributed by atoms with E-state index in [9.17, 15) is 10.4 Å². The fourth-order valence-electron chi connectivity index (χ4n) is 4.09. The normalized spacial score (nSPS) is 11.9. The molecule has 0 spiro atoms. The molecule has 0 saturated carbocycles. The van der Waals surface area contributed by atoms with Crippen LogP contribution in [-0.4, -0.2) is 34.8 Å². The molecular formula is C31H37N5O. The van der Waals surface area contributed by atoms with Gasteiger partial charge < -0.3 is 15.3 Å². The molecule has 2 N–H and O–H groups in total. The standard InChI is InChI=1S/C31H37N5O/c1-7-15-36(19-24(8-2)20-37)30-17-26(12-14-34-30)28-18-27(10-9-22(28)3)35-23(4)25-11-13-33-29(16-25)31(5,6)21-32/h8-14,16-18,24,35,37H,2,4,7,15,19-20H2,1,3,5-6H3. The summed E-state index contributed by atoms with van der Waals surface area (Å²) in [6.07, 6.45) is 6.32. The number of aryl methyl sites for hydroxylation is 1. The van der Waals surface area contributed by atoms with Crippen LogP contribution in [0.1, 0.15) is 44.0 Å². The molecule has 1 unspecified atom stereocenters. The third-order valence-electron chi connectivity index (χ3n) is 6.46. The molecule has 0 radical (unpaired) electrons. The van der Waals surface area contributed by atoms with Gasteiger partial charge in [-0.15, -0.1) is 6.58 Å². The molecule has 2 heterocycles. The van der Waals surface area contributed by atoms with Gasteiger partial charge in [0.15, 0.2) is 0 Å². The molecule has 0 aliphatic rings. The second-order valence-electron chi connectivity index (χ2n) is 9.83. The number of hydrogen-bond acceptors (Lipinski definition) is 6. The summed E-state index contributed by atoms with van der Waals surface area (Å²) in [7, 11) is 0. The van der Waals surface area contributed by atoms with Crippen LogP contribution in [0.25, 0.3) is 16.8 Å². The lowest BCUT2D eigenvalue weighted by Crippen LogP contribution is -2.31. The summed E-state index contributed by atoms with van der Waals surface area (Å²) >= 11 is 0. The van der Waals surface area contributed by atoms with Crippen molar-refractivity contribution in [1.29, 1.82) is 5.26 Å². The van der Waals surface area contributed by atoms with Crippen LogP contribution in [0, 0.1) is 24.2 Å². The Morgan fingerprint density at radius 3 is 2.62 bits per heavy atom. The lowest BCUT2D eigenvalue weighted by molar-refractivity contribution is 0.254. The van der Waals surface area contributed by atoms with E-state index < -0.39 is 5.41 Å². The zero-order valence-corrected chi connectivity index (χ0v) is 22.3. The van der Waals surface area contributed by atoms with E-state index in [2.05, 4.69) is 71.5 Å². The summed E-state index contributed by atoms with van der Waals surface area (Å²) in [5, 5.41) is 22.6. The first kappa shape index (κ1) is 27.6. The van der Waals surface area contributed by atoms with Crippen LogP contribution in [0.5, 0.6) is 0 Å². The van der Waals surface area contributed by atoms with E-state index in [1.54, 1.807) is 12.3 Å². The SMILES string of the molecule is C=CC(CO)CN(CCC)c1cc(-c2cc(NC(=C)c3ccnc(C(C)(C)C#N)c3)ccc2C)ccn1. The number of nitrogens with one attached hydrogen (secondary N) is 1. The van der Waals surface area contributed by atoms with Gasteiger partial charge in [0.25, 0.3) is 0 Å². The zero-order chi connectivity index (χ0) is 27.0. The molecule has 0 saturated heterocycles. The number of aromatic nitrogens is 2. The second kappa shape index (κ2) is 12.3. The van der Waals surface area contributed by atoms with Crippen LogP contribution in [0.3, 0.4) is 0 Å². The summed E-state index contributed by atoms with van der Waals surface area (Å²) in [6.45, 7) is 17.6. The van der Waals surface area contributed by atoms with Crippen molar-refractivity contribution in [2.75, 3.05) is 29.9 Å². The van der Waals surface area contributed by atoms with Crippen LogP contribution in [0.4, 0.5) is 11.5 Å². The third-order valence-corrected chi connectivity index (χ3v) is 6.46. The number of hydrogen-bond donors (Lipinski definition) is 2. The van der Waals surface area contributed by atoms with Gasteiger partial charge >= 0.3 is 0 Å². The molecule has 0 bridgehead atoms. The van der Waals surface area contributed by atoms with Crippen LogP contribution in [0.15, 0.2) is 74.1 Å². The quantitative estimate of drug-likeness (QED) is 0.285. The van der Waals surface area contributed by atoms with Gasteiger partial charge in [-0.25, -0.2) is 4.98 Å². The highest BCUT2D eigenvalue weighted by Gasteiger charge is 2.22. The molecule has 3 rings (SSSR count). The molecule has 2 aromatic heterocycles. The van der Waals surface area contributed by atoms with Crippen molar-refractivity contribution in [3.05, 3.63) is 90.9 Å². The number of rotatable bonds is 12. The summed E-state index contributed by atoms with van der Waals surface area (Å²) in [4.78, 5) is 11.2. The smallest absolute Gasteiger partial charge is 0.129 e. The highest BCUT2D eigenvalue weighted by Crippen LogP contribution is 2.31. The lowest BCUT2D eigenvalue weighted by atomic mass is 9.90. The number of aliphatic hydroxyl groups is 1. The van der Waals surface area contributed by atoms with Gasteiger partial charge in [0.1, 0.15) is 5.82 Å². The summed E-state index contributed by atoms with van der Waals surface area (Å²) in [5.74, 6) is 0.871. The number of nitriles is 1. The minimum atomic E-state index is -0.680. The number of benzene rings is 1. The van der Waals surface area contributed by atoms with Crippen molar-refractivity contribution >= 4 is 17.2 Å². The highest BCUT2D eigenvalue weighted by molar-refractivity contribution is 5.79. The van der Waals surface area contributed by atoms with Gasteiger partial charge in [-0.05, 0) is 80.3 Å². The molecule has 1 atom stereocenters. The van der Waals surface area contributed by atoms with Gasteiger partial charge in [0.2, 0.25) is 0 Å². The maximum absolute atomic E-state index is 9.66. The van der Waals surface area contributed by atoms with E-state index in [1.165, 1.54) is 0 Å². The van der Waals surface area contributed by atoms with E-state index in [1.807, 2.05) is 44.3 Å². The topological polar surface area (TPSA) is 85.1 Å². The summed E-state index contributed by atoms with van der Waals surface area (Å²) in [6, 6.07) is 16.5. The molecule has 6 nitrogen and oxygen atoms in total. The Hall–Kier alpha value is -3.95. The first-order valence-electron chi connectivity index (χ1n) is 12.6. The highest BCUT2D eigenvalue weighted by atomic mass is 16.3. The minimum Gasteiger partial charge on any atom is -0.396 e. The minimum absolute atomic E-state index is 0.00952. The van der Waals surface area contributed by atoms with Crippen LogP contribution in [-0.2, 0) is 5.41 Å². The molecule has 3 aromatic rings. The molecule has 1 aromatic carbocycles.